The van der Waals surface area contributed by atoms with E-state index in [4.69, 9.17) is 5.53 Å². The van der Waals surface area contributed by atoms with E-state index in [-0.39, 0.29) is 11.9 Å². The summed E-state index contributed by atoms with van der Waals surface area (Å²) in [5.41, 5.74) is 7.89. The number of hydrogen-bond acceptors (Lipinski definition) is 2. The highest BCUT2D eigenvalue weighted by atomic mass is 16.1. The van der Waals surface area contributed by atoms with Crippen molar-refractivity contribution in [2.75, 3.05) is 6.54 Å². The maximum Gasteiger partial charge on any atom is 0.217 e. The molecular weight excluding hydrogens is 132 g/mol. The SMILES string of the molecule is CC(=O)N[C@@H](C)CN=[N+]=[N-]. The Balaban J connectivity index is 3.52. The number of amides is 1. The topological polar surface area (TPSA) is 77.9 Å². The summed E-state index contributed by atoms with van der Waals surface area (Å²) in [7, 11) is 0. The molecule has 0 bridgehead atoms. The molecule has 0 aromatic heterocycles. The van der Waals surface area contributed by atoms with Gasteiger partial charge in [-0.2, -0.15) is 0 Å². The van der Waals surface area contributed by atoms with E-state index < -0.39 is 0 Å². The van der Waals surface area contributed by atoms with E-state index in [1.807, 2.05) is 0 Å². The van der Waals surface area contributed by atoms with Gasteiger partial charge in [-0.1, -0.05) is 5.11 Å². The molecule has 0 aliphatic heterocycles. The lowest BCUT2D eigenvalue weighted by atomic mass is 10.3. The molecule has 0 heterocycles. The summed E-state index contributed by atoms with van der Waals surface area (Å²) in [5.74, 6) is -0.111. The van der Waals surface area contributed by atoms with Crippen molar-refractivity contribution < 1.29 is 4.79 Å². The van der Waals surface area contributed by atoms with Crippen LogP contribution in [0.5, 0.6) is 0 Å². The normalized spacial score (nSPS) is 11.4. The van der Waals surface area contributed by atoms with Gasteiger partial charge in [0.15, 0.2) is 0 Å². The second-order valence-electron chi connectivity index (χ2n) is 2.02. The third-order valence-corrected chi connectivity index (χ3v) is 0.868. The second-order valence-corrected chi connectivity index (χ2v) is 2.02. The van der Waals surface area contributed by atoms with Gasteiger partial charge in [0.25, 0.3) is 0 Å². The van der Waals surface area contributed by atoms with Gasteiger partial charge < -0.3 is 5.32 Å². The number of carbonyl (C=O) groups is 1. The van der Waals surface area contributed by atoms with Crippen molar-refractivity contribution >= 4 is 5.91 Å². The Morgan fingerprint density at radius 1 is 1.90 bits per heavy atom. The van der Waals surface area contributed by atoms with Gasteiger partial charge in [0.05, 0.1) is 0 Å². The van der Waals surface area contributed by atoms with Crippen LogP contribution in [-0.4, -0.2) is 18.5 Å². The van der Waals surface area contributed by atoms with E-state index in [0.29, 0.717) is 6.54 Å². The molecule has 0 radical (unpaired) electrons. The van der Waals surface area contributed by atoms with Crippen LogP contribution in [0.1, 0.15) is 13.8 Å². The summed E-state index contributed by atoms with van der Waals surface area (Å²) < 4.78 is 0. The predicted octanol–water partition coefficient (Wildman–Crippen LogP) is 0.821. The molecular formula is C5H10N4O. The molecule has 0 aliphatic carbocycles. The van der Waals surface area contributed by atoms with Crippen LogP contribution in [0.25, 0.3) is 10.4 Å². The van der Waals surface area contributed by atoms with Crippen molar-refractivity contribution in [1.29, 1.82) is 0 Å². The van der Waals surface area contributed by atoms with Gasteiger partial charge in [0.2, 0.25) is 5.91 Å². The molecule has 0 aliphatic rings. The zero-order valence-corrected chi connectivity index (χ0v) is 6.03. The zero-order valence-electron chi connectivity index (χ0n) is 6.03. The van der Waals surface area contributed by atoms with E-state index in [9.17, 15) is 4.79 Å². The number of rotatable bonds is 3. The highest BCUT2D eigenvalue weighted by Crippen LogP contribution is 1.82. The number of carbonyl (C=O) groups excluding carboxylic acids is 1. The minimum Gasteiger partial charge on any atom is -0.354 e. The van der Waals surface area contributed by atoms with E-state index >= 15 is 0 Å². The lowest BCUT2D eigenvalue weighted by Crippen LogP contribution is -2.32. The van der Waals surface area contributed by atoms with Crippen LogP contribution in [0.4, 0.5) is 0 Å². The maximum atomic E-state index is 10.4. The van der Waals surface area contributed by atoms with Crippen LogP contribution in [0, 0.1) is 0 Å². The Bertz CT molecular complexity index is 157. The summed E-state index contributed by atoms with van der Waals surface area (Å²) >= 11 is 0. The highest BCUT2D eigenvalue weighted by Gasteiger charge is 1.99. The number of nitrogens with zero attached hydrogens (tertiary/aromatic N) is 3. The fourth-order valence-electron chi connectivity index (χ4n) is 0.552. The first-order chi connectivity index (χ1) is 4.66. The van der Waals surface area contributed by atoms with Crippen molar-refractivity contribution in [2.45, 2.75) is 19.9 Å². The number of hydrogen-bond donors (Lipinski definition) is 1. The number of azide groups is 1. The van der Waals surface area contributed by atoms with Crippen molar-refractivity contribution in [2.24, 2.45) is 5.11 Å². The summed E-state index contributed by atoms with van der Waals surface area (Å²) in [6, 6.07) is -0.0756. The van der Waals surface area contributed by atoms with Crippen LogP contribution in [-0.2, 0) is 4.79 Å². The molecule has 0 aromatic carbocycles. The smallest absolute Gasteiger partial charge is 0.217 e. The van der Waals surface area contributed by atoms with Gasteiger partial charge in [-0.05, 0) is 12.5 Å². The lowest BCUT2D eigenvalue weighted by Gasteiger charge is -2.07. The summed E-state index contributed by atoms with van der Waals surface area (Å²) in [6.07, 6.45) is 0. The van der Waals surface area contributed by atoms with Gasteiger partial charge in [0, 0.05) is 24.4 Å². The molecule has 56 valence electrons. The van der Waals surface area contributed by atoms with Crippen LogP contribution in [0.3, 0.4) is 0 Å². The first-order valence-electron chi connectivity index (χ1n) is 2.94. The average molecular weight is 142 g/mol. The Morgan fingerprint density at radius 3 is 2.90 bits per heavy atom. The molecule has 0 spiro atoms. The van der Waals surface area contributed by atoms with Crippen molar-refractivity contribution in [3.8, 4) is 0 Å². The van der Waals surface area contributed by atoms with E-state index in [1.54, 1.807) is 6.92 Å². The second kappa shape index (κ2) is 4.64. The summed E-state index contributed by atoms with van der Waals surface area (Å²) in [4.78, 5) is 12.9. The van der Waals surface area contributed by atoms with Crippen molar-refractivity contribution in [3.05, 3.63) is 10.4 Å². The molecule has 0 rings (SSSR count). The highest BCUT2D eigenvalue weighted by molar-refractivity contribution is 5.73. The molecule has 10 heavy (non-hydrogen) atoms. The van der Waals surface area contributed by atoms with Crippen molar-refractivity contribution in [1.82, 2.24) is 5.32 Å². The number of nitrogens with one attached hydrogen (secondary N) is 1. The third kappa shape index (κ3) is 4.93. The molecule has 0 saturated heterocycles. The monoisotopic (exact) mass is 142 g/mol. The van der Waals surface area contributed by atoms with Crippen LogP contribution >= 0.6 is 0 Å². The van der Waals surface area contributed by atoms with E-state index in [2.05, 4.69) is 15.3 Å². The molecule has 0 fully saturated rings. The molecule has 5 heteroatoms. The fraction of sp³-hybridized carbons (Fsp3) is 0.800. The maximum absolute atomic E-state index is 10.4. The third-order valence-electron chi connectivity index (χ3n) is 0.868. The van der Waals surface area contributed by atoms with Crippen molar-refractivity contribution in [3.63, 3.8) is 0 Å². The van der Waals surface area contributed by atoms with Gasteiger partial charge in [-0.25, -0.2) is 0 Å². The molecule has 0 unspecified atom stereocenters. The van der Waals surface area contributed by atoms with Gasteiger partial charge in [0.1, 0.15) is 0 Å². The van der Waals surface area contributed by atoms with E-state index in [0.717, 1.165) is 0 Å². The van der Waals surface area contributed by atoms with Gasteiger partial charge >= 0.3 is 0 Å². The Kier molecular flexibility index (Phi) is 4.07. The zero-order chi connectivity index (χ0) is 7.98. The average Bonchev–Trinajstić information content (AvgIpc) is 1.82. The first-order valence-corrected chi connectivity index (χ1v) is 2.94. The fourth-order valence-corrected chi connectivity index (χ4v) is 0.552. The van der Waals surface area contributed by atoms with Gasteiger partial charge in [-0.3, -0.25) is 4.79 Å². The molecule has 1 amide bonds. The summed E-state index contributed by atoms with van der Waals surface area (Å²) in [6.45, 7) is 3.50. The molecule has 0 saturated carbocycles. The van der Waals surface area contributed by atoms with Crippen LogP contribution in [0.15, 0.2) is 5.11 Å². The first kappa shape index (κ1) is 8.78. The Labute approximate surface area is 59.0 Å². The molecule has 5 nitrogen and oxygen atoms in total. The molecule has 0 aromatic rings. The minimum absolute atomic E-state index is 0.0756. The van der Waals surface area contributed by atoms with E-state index in [1.165, 1.54) is 6.92 Å². The van der Waals surface area contributed by atoms with Gasteiger partial charge in [-0.15, -0.1) is 0 Å². The molecule has 1 N–H and O–H groups in total. The minimum atomic E-state index is -0.111. The standard InChI is InChI=1S/C5H10N4O/c1-4(3-7-9-6)8-5(2)10/h4H,3H2,1-2H3,(H,8,10)/t4-/m0/s1. The van der Waals surface area contributed by atoms with Crippen LogP contribution < -0.4 is 5.32 Å². The van der Waals surface area contributed by atoms with Crippen LogP contribution in [0.2, 0.25) is 0 Å². The summed E-state index contributed by atoms with van der Waals surface area (Å²) in [5, 5.41) is 5.86. The Hall–Kier alpha value is -1.22. The Morgan fingerprint density at radius 2 is 2.50 bits per heavy atom. The quantitative estimate of drug-likeness (QED) is 0.353. The molecule has 1 atom stereocenters. The largest absolute Gasteiger partial charge is 0.354 e. The lowest BCUT2D eigenvalue weighted by molar-refractivity contribution is -0.119. The predicted molar refractivity (Wildman–Crippen MR) is 37.3 cm³/mol.